The average molecular weight is 405 g/mol. The molecule has 1 N–H and O–H groups in total. The topological polar surface area (TPSA) is 73.3 Å². The number of benzene rings is 2. The highest BCUT2D eigenvalue weighted by Crippen LogP contribution is 2.33. The summed E-state index contributed by atoms with van der Waals surface area (Å²) >= 11 is 0. The van der Waals surface area contributed by atoms with E-state index in [0.717, 1.165) is 23.4 Å². The van der Waals surface area contributed by atoms with E-state index in [2.05, 4.69) is 20.0 Å². The fourth-order valence-electron chi connectivity index (χ4n) is 2.77. The fourth-order valence-corrected chi connectivity index (χ4v) is 2.77. The number of alkyl halides is 3. The minimum absolute atomic E-state index is 0.0684. The summed E-state index contributed by atoms with van der Waals surface area (Å²) in [5, 5.41) is 3.53. The van der Waals surface area contributed by atoms with Gasteiger partial charge in [0.2, 0.25) is 5.95 Å². The number of aromatic nitrogens is 2. The van der Waals surface area contributed by atoms with Crippen LogP contribution < -0.4 is 10.1 Å². The van der Waals surface area contributed by atoms with Crippen LogP contribution in [0.15, 0.2) is 42.6 Å². The number of hydrogen-bond donors (Lipinski definition) is 1. The molecule has 3 rings (SSSR count). The molecule has 1 heterocycles. The Balaban J connectivity index is 2.02. The SMILES string of the molecule is CCOC(=O)c1ccc(OC(F)(F)F)c(Nc2ncc3cccc(CC)c3n2)c1. The van der Waals surface area contributed by atoms with Crippen LogP contribution in [0.25, 0.3) is 10.9 Å². The molecule has 0 saturated heterocycles. The fraction of sp³-hybridized carbons (Fsp3) is 0.250. The van der Waals surface area contributed by atoms with Gasteiger partial charge in [-0.2, -0.15) is 0 Å². The van der Waals surface area contributed by atoms with E-state index in [9.17, 15) is 18.0 Å². The molecule has 6 nitrogen and oxygen atoms in total. The molecule has 0 unspecified atom stereocenters. The number of nitrogens with zero attached hydrogens (tertiary/aromatic N) is 2. The van der Waals surface area contributed by atoms with Crippen molar-refractivity contribution >= 4 is 28.5 Å². The van der Waals surface area contributed by atoms with Gasteiger partial charge in [0.15, 0.2) is 5.75 Å². The first-order chi connectivity index (χ1) is 13.8. The second-order valence-electron chi connectivity index (χ2n) is 6.01. The third kappa shape index (κ3) is 4.92. The van der Waals surface area contributed by atoms with E-state index >= 15 is 0 Å². The van der Waals surface area contributed by atoms with E-state index in [1.54, 1.807) is 13.1 Å². The summed E-state index contributed by atoms with van der Waals surface area (Å²) in [6.07, 6.45) is -2.60. The maximum Gasteiger partial charge on any atom is 0.573 e. The average Bonchev–Trinajstić information content (AvgIpc) is 2.68. The van der Waals surface area contributed by atoms with E-state index in [0.29, 0.717) is 5.52 Å². The van der Waals surface area contributed by atoms with Crippen molar-refractivity contribution in [2.75, 3.05) is 11.9 Å². The molecule has 0 amide bonds. The predicted octanol–water partition coefficient (Wildman–Crippen LogP) is 5.01. The number of para-hydroxylation sites is 1. The van der Waals surface area contributed by atoms with Crippen molar-refractivity contribution in [1.29, 1.82) is 0 Å². The number of halogens is 3. The molecule has 1 aromatic heterocycles. The molecule has 0 radical (unpaired) electrons. The third-order valence-electron chi connectivity index (χ3n) is 4.04. The quantitative estimate of drug-likeness (QED) is 0.581. The molecular formula is C20H18F3N3O3. The molecule has 0 atom stereocenters. The number of carbonyl (C=O) groups is 1. The van der Waals surface area contributed by atoms with Gasteiger partial charge in [0.1, 0.15) is 0 Å². The number of aryl methyl sites for hydroxylation is 1. The Morgan fingerprint density at radius 2 is 1.97 bits per heavy atom. The molecule has 0 fully saturated rings. The van der Waals surface area contributed by atoms with Crippen molar-refractivity contribution in [3.8, 4) is 5.75 Å². The summed E-state index contributed by atoms with van der Waals surface area (Å²) in [6.45, 7) is 3.74. The van der Waals surface area contributed by atoms with Gasteiger partial charge in [0.05, 0.1) is 23.4 Å². The maximum absolute atomic E-state index is 12.8. The monoisotopic (exact) mass is 405 g/mol. The van der Waals surface area contributed by atoms with Crippen LogP contribution in [0.5, 0.6) is 5.75 Å². The smallest absolute Gasteiger partial charge is 0.462 e. The van der Waals surface area contributed by atoms with Crippen LogP contribution in [-0.4, -0.2) is 28.9 Å². The maximum atomic E-state index is 12.8. The van der Waals surface area contributed by atoms with Crippen LogP contribution in [0.3, 0.4) is 0 Å². The molecule has 0 aliphatic carbocycles. The van der Waals surface area contributed by atoms with Crippen molar-refractivity contribution in [1.82, 2.24) is 9.97 Å². The van der Waals surface area contributed by atoms with Gasteiger partial charge >= 0.3 is 12.3 Å². The number of anilines is 2. The first-order valence-electron chi connectivity index (χ1n) is 8.89. The Bertz CT molecular complexity index is 1040. The zero-order valence-corrected chi connectivity index (χ0v) is 15.7. The second kappa shape index (κ2) is 8.34. The summed E-state index contributed by atoms with van der Waals surface area (Å²) in [5.74, 6) is -1.11. The first kappa shape index (κ1) is 20.4. The van der Waals surface area contributed by atoms with Gasteiger partial charge in [0, 0.05) is 11.6 Å². The lowest BCUT2D eigenvalue weighted by atomic mass is 10.1. The summed E-state index contributed by atoms with van der Waals surface area (Å²) in [6, 6.07) is 9.09. The number of rotatable bonds is 6. The van der Waals surface area contributed by atoms with Crippen LogP contribution in [0.1, 0.15) is 29.8 Å². The number of esters is 1. The minimum atomic E-state index is -4.90. The van der Waals surface area contributed by atoms with Crippen LogP contribution >= 0.6 is 0 Å². The number of nitrogens with one attached hydrogen (secondary N) is 1. The number of fused-ring (bicyclic) bond motifs is 1. The van der Waals surface area contributed by atoms with Crippen LogP contribution in [0.2, 0.25) is 0 Å². The van der Waals surface area contributed by atoms with E-state index < -0.39 is 18.1 Å². The molecule has 152 valence electrons. The summed E-state index contributed by atoms with van der Waals surface area (Å²) in [7, 11) is 0. The molecule has 0 aliphatic rings. The van der Waals surface area contributed by atoms with E-state index in [1.807, 2.05) is 25.1 Å². The lowest BCUT2D eigenvalue weighted by Gasteiger charge is -2.15. The van der Waals surface area contributed by atoms with Crippen molar-refractivity contribution in [2.45, 2.75) is 26.6 Å². The molecule has 9 heteroatoms. The van der Waals surface area contributed by atoms with E-state index in [1.165, 1.54) is 12.1 Å². The molecule has 29 heavy (non-hydrogen) atoms. The van der Waals surface area contributed by atoms with Crippen molar-refractivity contribution in [3.63, 3.8) is 0 Å². The van der Waals surface area contributed by atoms with E-state index in [-0.39, 0.29) is 23.8 Å². The lowest BCUT2D eigenvalue weighted by Crippen LogP contribution is -2.18. The Kier molecular flexibility index (Phi) is 5.86. The van der Waals surface area contributed by atoms with Gasteiger partial charge in [-0.05, 0) is 37.1 Å². The Morgan fingerprint density at radius 3 is 2.66 bits per heavy atom. The molecule has 0 aliphatic heterocycles. The highest BCUT2D eigenvalue weighted by molar-refractivity contribution is 5.91. The molecule has 0 spiro atoms. The van der Waals surface area contributed by atoms with Gasteiger partial charge in [-0.15, -0.1) is 13.2 Å². The third-order valence-corrected chi connectivity index (χ3v) is 4.04. The second-order valence-corrected chi connectivity index (χ2v) is 6.01. The summed E-state index contributed by atoms with van der Waals surface area (Å²) in [5.41, 5.74) is 1.62. The molecule has 2 aromatic carbocycles. The zero-order chi connectivity index (χ0) is 21.0. The Morgan fingerprint density at radius 1 is 1.17 bits per heavy atom. The number of ether oxygens (including phenoxy) is 2. The predicted molar refractivity (Wildman–Crippen MR) is 101 cm³/mol. The number of carbonyl (C=O) groups excluding carboxylic acids is 1. The van der Waals surface area contributed by atoms with Gasteiger partial charge in [0.25, 0.3) is 0 Å². The number of hydrogen-bond acceptors (Lipinski definition) is 6. The normalized spacial score (nSPS) is 11.3. The zero-order valence-electron chi connectivity index (χ0n) is 15.7. The highest BCUT2D eigenvalue weighted by Gasteiger charge is 2.32. The van der Waals surface area contributed by atoms with Crippen molar-refractivity contribution in [3.05, 3.63) is 53.7 Å². The molecular weight excluding hydrogens is 387 g/mol. The highest BCUT2D eigenvalue weighted by atomic mass is 19.4. The minimum Gasteiger partial charge on any atom is -0.462 e. The van der Waals surface area contributed by atoms with Gasteiger partial charge in [-0.1, -0.05) is 25.1 Å². The molecule has 0 bridgehead atoms. The molecule has 3 aromatic rings. The van der Waals surface area contributed by atoms with Crippen LogP contribution in [-0.2, 0) is 11.2 Å². The van der Waals surface area contributed by atoms with Crippen molar-refractivity contribution in [2.24, 2.45) is 0 Å². The van der Waals surface area contributed by atoms with Gasteiger partial charge in [-0.3, -0.25) is 0 Å². The van der Waals surface area contributed by atoms with Gasteiger partial charge in [-0.25, -0.2) is 14.8 Å². The largest absolute Gasteiger partial charge is 0.573 e. The summed E-state index contributed by atoms with van der Waals surface area (Å²) in [4.78, 5) is 20.5. The lowest BCUT2D eigenvalue weighted by molar-refractivity contribution is -0.274. The molecule has 0 saturated carbocycles. The van der Waals surface area contributed by atoms with E-state index in [4.69, 9.17) is 4.74 Å². The Hall–Kier alpha value is -3.36. The van der Waals surface area contributed by atoms with Gasteiger partial charge < -0.3 is 14.8 Å². The van der Waals surface area contributed by atoms with Crippen molar-refractivity contribution < 1.29 is 27.4 Å². The summed E-state index contributed by atoms with van der Waals surface area (Å²) < 4.78 is 47.3. The van der Waals surface area contributed by atoms with Crippen LogP contribution in [0, 0.1) is 0 Å². The standard InChI is InChI=1S/C20H18F3N3O3/c1-3-12-6-5-7-14-11-24-19(26-17(12)14)25-15-10-13(18(27)28-4-2)8-9-16(15)29-20(21,22)23/h5-11H,3-4H2,1-2H3,(H,24,25,26). The first-order valence-corrected chi connectivity index (χ1v) is 8.89. The van der Waals surface area contributed by atoms with Crippen LogP contribution in [0.4, 0.5) is 24.8 Å². The Labute approximate surface area is 164 Å².